The third-order valence-electron chi connectivity index (χ3n) is 2.26. The lowest BCUT2D eigenvalue weighted by Crippen LogP contribution is -2.11. The maximum atomic E-state index is 11.7. The highest BCUT2D eigenvalue weighted by Gasteiger charge is 2.13. The molecule has 3 heterocycles. The van der Waals surface area contributed by atoms with Crippen LogP contribution in [0.2, 0.25) is 0 Å². The molecule has 6 nitrogen and oxygen atoms in total. The van der Waals surface area contributed by atoms with Crippen LogP contribution in [0.1, 0.15) is 16.4 Å². The molecule has 0 aromatic carbocycles. The van der Waals surface area contributed by atoms with Crippen molar-refractivity contribution in [2.24, 2.45) is 0 Å². The van der Waals surface area contributed by atoms with Gasteiger partial charge in [-0.25, -0.2) is 9.97 Å². The van der Waals surface area contributed by atoms with Crippen LogP contribution in [0.15, 0.2) is 29.1 Å². The van der Waals surface area contributed by atoms with Gasteiger partial charge in [-0.2, -0.15) is 0 Å². The van der Waals surface area contributed by atoms with E-state index in [9.17, 15) is 4.79 Å². The Morgan fingerprint density at radius 3 is 3.11 bits per heavy atom. The molecule has 0 aliphatic heterocycles. The topological polar surface area (TPSA) is 80.9 Å². The minimum atomic E-state index is -0.413. The second kappa shape index (κ2) is 4.19. The predicted octanol–water partition coefficient (Wildman–Crippen LogP) is 2.24. The van der Waals surface area contributed by atoms with Gasteiger partial charge in [0.1, 0.15) is 11.8 Å². The summed E-state index contributed by atoms with van der Waals surface area (Å²) in [6, 6.07) is 1.92. The molecule has 0 unspecified atom stereocenters. The smallest absolute Gasteiger partial charge is 0.313 e. The number of carbonyl (C=O) groups excluding carboxylic acids is 1. The fourth-order valence-corrected chi connectivity index (χ4v) is 2.40. The number of thiazole rings is 1. The van der Waals surface area contributed by atoms with Crippen molar-refractivity contribution in [3.05, 3.63) is 36.3 Å². The van der Waals surface area contributed by atoms with E-state index in [2.05, 4.69) is 20.3 Å². The molecule has 0 fully saturated rings. The van der Waals surface area contributed by atoms with Gasteiger partial charge in [0.15, 0.2) is 5.13 Å². The molecule has 3 aromatic rings. The maximum absolute atomic E-state index is 11.7. The molecule has 90 valence electrons. The van der Waals surface area contributed by atoms with Crippen molar-refractivity contribution in [3.8, 4) is 0 Å². The minimum Gasteiger partial charge on any atom is -0.441 e. The van der Waals surface area contributed by atoms with Crippen molar-refractivity contribution in [1.29, 1.82) is 0 Å². The third kappa shape index (κ3) is 1.95. The molecule has 18 heavy (non-hydrogen) atoms. The summed E-state index contributed by atoms with van der Waals surface area (Å²) in [6.07, 6.45) is 4.45. The molecule has 0 saturated heterocycles. The van der Waals surface area contributed by atoms with Gasteiger partial charge in [0.2, 0.25) is 0 Å². The predicted molar refractivity (Wildman–Crippen MR) is 66.6 cm³/mol. The Bertz CT molecular complexity index is 705. The van der Waals surface area contributed by atoms with E-state index < -0.39 is 5.91 Å². The molecule has 0 aliphatic carbocycles. The van der Waals surface area contributed by atoms with Crippen LogP contribution in [-0.2, 0) is 0 Å². The standard InChI is InChI=1S/C11H8N4O2S/c1-6-4-8-7(5-13-6)14-11(18-8)15-9(16)10-12-2-3-17-10/h2-5H,1H3,(H,14,15,16). The van der Waals surface area contributed by atoms with Crippen LogP contribution in [0.5, 0.6) is 0 Å². The lowest BCUT2D eigenvalue weighted by Gasteiger charge is -1.94. The number of aryl methyl sites for hydroxylation is 1. The third-order valence-corrected chi connectivity index (χ3v) is 3.19. The maximum Gasteiger partial charge on any atom is 0.313 e. The summed E-state index contributed by atoms with van der Waals surface area (Å²) >= 11 is 1.38. The number of amides is 1. The second-order valence-corrected chi connectivity index (χ2v) is 4.63. The van der Waals surface area contributed by atoms with Crippen LogP contribution >= 0.6 is 11.3 Å². The zero-order chi connectivity index (χ0) is 12.5. The van der Waals surface area contributed by atoms with Crippen LogP contribution in [0.25, 0.3) is 10.2 Å². The Kier molecular flexibility index (Phi) is 2.52. The number of nitrogens with zero attached hydrogens (tertiary/aromatic N) is 3. The molecule has 1 amide bonds. The molecule has 0 radical (unpaired) electrons. The fourth-order valence-electron chi connectivity index (χ4n) is 1.47. The van der Waals surface area contributed by atoms with Crippen LogP contribution in [-0.4, -0.2) is 20.9 Å². The average Bonchev–Trinajstić information content (AvgIpc) is 2.95. The Morgan fingerprint density at radius 2 is 2.33 bits per heavy atom. The number of nitrogens with one attached hydrogen (secondary N) is 1. The monoisotopic (exact) mass is 260 g/mol. The SMILES string of the molecule is Cc1cc2sc(NC(=O)c3ncco3)nc2cn1. The number of aromatic nitrogens is 3. The van der Waals surface area contributed by atoms with Gasteiger partial charge in [0, 0.05) is 5.69 Å². The lowest BCUT2D eigenvalue weighted by atomic mass is 10.4. The van der Waals surface area contributed by atoms with Gasteiger partial charge in [0.05, 0.1) is 17.1 Å². The fraction of sp³-hybridized carbons (Fsp3) is 0.0909. The summed E-state index contributed by atoms with van der Waals surface area (Å²) in [5.41, 5.74) is 1.67. The number of pyridine rings is 1. The molecule has 1 N–H and O–H groups in total. The van der Waals surface area contributed by atoms with E-state index in [1.807, 2.05) is 13.0 Å². The van der Waals surface area contributed by atoms with Crippen molar-refractivity contribution in [2.45, 2.75) is 6.92 Å². The number of carbonyl (C=O) groups is 1. The van der Waals surface area contributed by atoms with Crippen molar-refractivity contribution in [2.75, 3.05) is 5.32 Å². The summed E-state index contributed by atoms with van der Waals surface area (Å²) in [6.45, 7) is 1.91. The van der Waals surface area contributed by atoms with Gasteiger partial charge in [-0.05, 0) is 13.0 Å². The summed E-state index contributed by atoms with van der Waals surface area (Å²) in [5, 5.41) is 3.14. The largest absolute Gasteiger partial charge is 0.441 e. The molecule has 0 saturated carbocycles. The summed E-state index contributed by atoms with van der Waals surface area (Å²) in [5.74, 6) is -0.396. The molecule has 3 rings (SSSR count). The van der Waals surface area contributed by atoms with Crippen LogP contribution in [0, 0.1) is 6.92 Å². The van der Waals surface area contributed by atoms with E-state index in [0.29, 0.717) is 5.13 Å². The van der Waals surface area contributed by atoms with Crippen LogP contribution in [0.3, 0.4) is 0 Å². The normalized spacial score (nSPS) is 10.7. The number of hydrogen-bond donors (Lipinski definition) is 1. The van der Waals surface area contributed by atoms with E-state index in [4.69, 9.17) is 4.42 Å². The zero-order valence-corrected chi connectivity index (χ0v) is 10.2. The molecule has 0 aliphatic rings. The van der Waals surface area contributed by atoms with Crippen molar-refractivity contribution >= 4 is 32.6 Å². The number of oxazole rings is 1. The highest BCUT2D eigenvalue weighted by Crippen LogP contribution is 2.25. The van der Waals surface area contributed by atoms with E-state index in [1.165, 1.54) is 23.8 Å². The quantitative estimate of drug-likeness (QED) is 0.764. The van der Waals surface area contributed by atoms with Crippen molar-refractivity contribution in [3.63, 3.8) is 0 Å². The van der Waals surface area contributed by atoms with Crippen LogP contribution < -0.4 is 5.32 Å². The van der Waals surface area contributed by atoms with Crippen molar-refractivity contribution in [1.82, 2.24) is 15.0 Å². The number of hydrogen-bond acceptors (Lipinski definition) is 6. The van der Waals surface area contributed by atoms with Gasteiger partial charge in [-0.1, -0.05) is 11.3 Å². The highest BCUT2D eigenvalue weighted by atomic mass is 32.1. The van der Waals surface area contributed by atoms with Gasteiger partial charge in [-0.15, -0.1) is 0 Å². The number of anilines is 1. The molecule has 0 bridgehead atoms. The molecular weight excluding hydrogens is 252 g/mol. The van der Waals surface area contributed by atoms with Crippen molar-refractivity contribution < 1.29 is 9.21 Å². The van der Waals surface area contributed by atoms with E-state index in [0.717, 1.165) is 15.9 Å². The zero-order valence-electron chi connectivity index (χ0n) is 9.38. The van der Waals surface area contributed by atoms with E-state index >= 15 is 0 Å². The first kappa shape index (κ1) is 10.8. The van der Waals surface area contributed by atoms with Gasteiger partial charge in [-0.3, -0.25) is 15.1 Å². The Balaban J connectivity index is 1.89. The van der Waals surface area contributed by atoms with Gasteiger partial charge < -0.3 is 4.42 Å². The van der Waals surface area contributed by atoms with E-state index in [-0.39, 0.29) is 5.89 Å². The molecule has 0 spiro atoms. The second-order valence-electron chi connectivity index (χ2n) is 3.60. The summed E-state index contributed by atoms with van der Waals surface area (Å²) < 4.78 is 5.88. The van der Waals surface area contributed by atoms with Gasteiger partial charge >= 0.3 is 5.91 Å². The molecule has 0 atom stereocenters. The first-order valence-electron chi connectivity index (χ1n) is 5.16. The molecular formula is C11H8N4O2S. The number of fused-ring (bicyclic) bond motifs is 1. The van der Waals surface area contributed by atoms with E-state index in [1.54, 1.807) is 6.20 Å². The molecule has 7 heteroatoms. The summed E-state index contributed by atoms with van der Waals surface area (Å²) in [7, 11) is 0. The Morgan fingerprint density at radius 1 is 1.44 bits per heavy atom. The first-order valence-corrected chi connectivity index (χ1v) is 5.98. The summed E-state index contributed by atoms with van der Waals surface area (Å²) in [4.78, 5) is 23.9. The van der Waals surface area contributed by atoms with Crippen LogP contribution in [0.4, 0.5) is 5.13 Å². The molecule has 3 aromatic heterocycles. The average molecular weight is 260 g/mol. The van der Waals surface area contributed by atoms with Gasteiger partial charge in [0.25, 0.3) is 5.89 Å². The Labute approximate surface area is 106 Å². The highest BCUT2D eigenvalue weighted by molar-refractivity contribution is 7.22. The first-order chi connectivity index (χ1) is 8.72. The minimum absolute atomic E-state index is 0.0172. The Hall–Kier alpha value is -2.28. The lowest BCUT2D eigenvalue weighted by molar-refractivity contribution is 0.0990. The number of rotatable bonds is 2.